The molecule has 1 aliphatic heterocycles. The highest BCUT2D eigenvalue weighted by molar-refractivity contribution is 5.81. The fourth-order valence-corrected chi connectivity index (χ4v) is 3.34. The second-order valence-corrected chi connectivity index (χ2v) is 7.81. The molecule has 0 saturated carbocycles. The van der Waals surface area contributed by atoms with Crippen LogP contribution in [0.25, 0.3) is 0 Å². The summed E-state index contributed by atoms with van der Waals surface area (Å²) in [7, 11) is 1.31. The first-order chi connectivity index (χ1) is 13.1. The molecular formula is C21H27F2NO4. The van der Waals surface area contributed by atoms with Crippen LogP contribution in [0.15, 0.2) is 30.4 Å². The average Bonchev–Trinajstić information content (AvgIpc) is 3.03. The number of methoxy groups -OCH3 is 1. The zero-order chi connectivity index (χ0) is 20.9. The van der Waals surface area contributed by atoms with Gasteiger partial charge in [-0.15, -0.1) is 0 Å². The zero-order valence-electron chi connectivity index (χ0n) is 16.7. The first-order valence-corrected chi connectivity index (χ1v) is 9.33. The monoisotopic (exact) mass is 395 g/mol. The standard InChI is InChI=1S/C21H27F2NO4/c1-21(2,3)28-20(26)24-15(7-5-6-8-19(25)27-4)10-12-18(24)14-9-11-16(22)17(23)13-14/h6,8-9,11,13,15,18H,5,7,10,12H2,1-4H3/t15-,18-/m1/s1. The molecule has 0 N–H and O–H groups in total. The molecule has 2 atom stereocenters. The first kappa shape index (κ1) is 21.9. The van der Waals surface area contributed by atoms with E-state index in [9.17, 15) is 18.4 Å². The summed E-state index contributed by atoms with van der Waals surface area (Å²) in [5.74, 6) is -2.30. The van der Waals surface area contributed by atoms with Gasteiger partial charge in [-0.2, -0.15) is 0 Å². The predicted molar refractivity (Wildman–Crippen MR) is 101 cm³/mol. The summed E-state index contributed by atoms with van der Waals surface area (Å²) in [6.45, 7) is 5.34. The molecule has 0 bridgehead atoms. The Bertz CT molecular complexity index is 742. The van der Waals surface area contributed by atoms with Gasteiger partial charge in [-0.1, -0.05) is 12.1 Å². The Balaban J connectivity index is 2.20. The van der Waals surface area contributed by atoms with Gasteiger partial charge in [0.05, 0.1) is 13.2 Å². The second kappa shape index (κ2) is 9.17. The van der Waals surface area contributed by atoms with E-state index in [1.165, 1.54) is 19.3 Å². The maximum absolute atomic E-state index is 13.7. The lowest BCUT2D eigenvalue weighted by molar-refractivity contribution is -0.134. The summed E-state index contributed by atoms with van der Waals surface area (Å²) in [5.41, 5.74) is -0.134. The fraction of sp³-hybridized carbons (Fsp3) is 0.524. The van der Waals surface area contributed by atoms with Crippen molar-refractivity contribution >= 4 is 12.1 Å². The van der Waals surface area contributed by atoms with Gasteiger partial charge in [-0.05, 0) is 64.2 Å². The van der Waals surface area contributed by atoms with Crippen molar-refractivity contribution in [2.45, 2.75) is 64.1 Å². The molecule has 7 heteroatoms. The van der Waals surface area contributed by atoms with Crippen LogP contribution in [0.2, 0.25) is 0 Å². The minimum atomic E-state index is -0.939. The van der Waals surface area contributed by atoms with Gasteiger partial charge < -0.3 is 9.47 Å². The minimum absolute atomic E-state index is 0.129. The number of benzene rings is 1. The number of allylic oxidation sites excluding steroid dienone is 1. The van der Waals surface area contributed by atoms with Crippen LogP contribution >= 0.6 is 0 Å². The van der Waals surface area contributed by atoms with Gasteiger partial charge in [-0.3, -0.25) is 4.90 Å². The largest absolute Gasteiger partial charge is 0.466 e. The van der Waals surface area contributed by atoms with Gasteiger partial charge in [0, 0.05) is 12.1 Å². The van der Waals surface area contributed by atoms with E-state index in [0.717, 1.165) is 12.1 Å². The number of halogens is 2. The van der Waals surface area contributed by atoms with Crippen LogP contribution in [0, 0.1) is 11.6 Å². The van der Waals surface area contributed by atoms with Gasteiger partial charge >= 0.3 is 12.1 Å². The third-order valence-corrected chi connectivity index (χ3v) is 4.56. The summed E-state index contributed by atoms with van der Waals surface area (Å²) in [6, 6.07) is 3.19. The van der Waals surface area contributed by atoms with E-state index in [1.807, 2.05) is 0 Å². The summed E-state index contributed by atoms with van der Waals surface area (Å²) < 4.78 is 37.1. The van der Waals surface area contributed by atoms with E-state index < -0.39 is 29.3 Å². The summed E-state index contributed by atoms with van der Waals surface area (Å²) in [5, 5.41) is 0. The van der Waals surface area contributed by atoms with Crippen molar-refractivity contribution in [1.82, 2.24) is 4.90 Å². The van der Waals surface area contributed by atoms with Crippen LogP contribution in [0.5, 0.6) is 0 Å². The number of hydrogen-bond donors (Lipinski definition) is 0. The van der Waals surface area contributed by atoms with Crippen molar-refractivity contribution in [2.75, 3.05) is 7.11 Å². The third-order valence-electron chi connectivity index (χ3n) is 4.56. The molecule has 1 aliphatic rings. The highest BCUT2D eigenvalue weighted by Crippen LogP contribution is 2.39. The molecule has 0 unspecified atom stereocenters. The molecule has 1 aromatic carbocycles. The van der Waals surface area contributed by atoms with Gasteiger partial charge in [0.1, 0.15) is 5.60 Å². The number of amides is 1. The van der Waals surface area contributed by atoms with Crippen molar-refractivity contribution < 1.29 is 27.8 Å². The normalized spacial score (nSPS) is 19.9. The SMILES string of the molecule is COC(=O)C=CCC[C@@H]1CC[C@H](c2ccc(F)c(F)c2)N1C(=O)OC(C)(C)C. The zero-order valence-corrected chi connectivity index (χ0v) is 16.7. The van der Waals surface area contributed by atoms with E-state index in [2.05, 4.69) is 4.74 Å². The molecular weight excluding hydrogens is 368 g/mol. The van der Waals surface area contributed by atoms with E-state index in [1.54, 1.807) is 31.7 Å². The molecule has 5 nitrogen and oxygen atoms in total. The second-order valence-electron chi connectivity index (χ2n) is 7.81. The molecule has 1 amide bonds. The van der Waals surface area contributed by atoms with Crippen LogP contribution in [0.4, 0.5) is 13.6 Å². The topological polar surface area (TPSA) is 55.8 Å². The lowest BCUT2D eigenvalue weighted by Crippen LogP contribution is -2.41. The maximum atomic E-state index is 13.7. The van der Waals surface area contributed by atoms with Crippen molar-refractivity contribution in [1.29, 1.82) is 0 Å². The Morgan fingerprint density at radius 1 is 1.21 bits per heavy atom. The quantitative estimate of drug-likeness (QED) is 0.525. The van der Waals surface area contributed by atoms with Crippen LogP contribution in [0.3, 0.4) is 0 Å². The maximum Gasteiger partial charge on any atom is 0.411 e. The van der Waals surface area contributed by atoms with Crippen LogP contribution in [-0.4, -0.2) is 35.7 Å². The van der Waals surface area contributed by atoms with Gasteiger partial charge in [0.2, 0.25) is 0 Å². The van der Waals surface area contributed by atoms with E-state index >= 15 is 0 Å². The number of carbonyl (C=O) groups excluding carboxylic acids is 2. The average molecular weight is 395 g/mol. The molecule has 1 fully saturated rings. The molecule has 0 radical (unpaired) electrons. The Morgan fingerprint density at radius 3 is 2.54 bits per heavy atom. The highest BCUT2D eigenvalue weighted by atomic mass is 19.2. The summed E-state index contributed by atoms with van der Waals surface area (Å²) in [6.07, 6.45) is 5.08. The van der Waals surface area contributed by atoms with Crippen LogP contribution < -0.4 is 0 Å². The number of likely N-dealkylation sites (tertiary alicyclic amines) is 1. The lowest BCUT2D eigenvalue weighted by atomic mass is 10.0. The van der Waals surface area contributed by atoms with Gasteiger partial charge in [0.15, 0.2) is 11.6 Å². The van der Waals surface area contributed by atoms with E-state index in [-0.39, 0.29) is 12.1 Å². The fourth-order valence-electron chi connectivity index (χ4n) is 3.34. The molecule has 0 aromatic heterocycles. The summed E-state index contributed by atoms with van der Waals surface area (Å²) >= 11 is 0. The lowest BCUT2D eigenvalue weighted by Gasteiger charge is -2.33. The minimum Gasteiger partial charge on any atom is -0.466 e. The molecule has 0 spiro atoms. The Morgan fingerprint density at radius 2 is 1.93 bits per heavy atom. The Hall–Kier alpha value is -2.44. The predicted octanol–water partition coefficient (Wildman–Crippen LogP) is 4.91. The number of esters is 1. The number of hydrogen-bond acceptors (Lipinski definition) is 4. The van der Waals surface area contributed by atoms with Crippen LogP contribution in [0.1, 0.15) is 58.1 Å². The van der Waals surface area contributed by atoms with Gasteiger partial charge in [-0.25, -0.2) is 18.4 Å². The van der Waals surface area contributed by atoms with Crippen molar-refractivity contribution in [3.63, 3.8) is 0 Å². The van der Waals surface area contributed by atoms with Crippen molar-refractivity contribution in [3.05, 3.63) is 47.5 Å². The van der Waals surface area contributed by atoms with Crippen molar-refractivity contribution in [3.8, 4) is 0 Å². The molecule has 0 aliphatic carbocycles. The number of carbonyl (C=O) groups is 2. The summed E-state index contributed by atoms with van der Waals surface area (Å²) in [4.78, 5) is 25.6. The number of rotatable bonds is 5. The van der Waals surface area contributed by atoms with E-state index in [4.69, 9.17) is 4.74 Å². The molecule has 154 valence electrons. The molecule has 28 heavy (non-hydrogen) atoms. The number of nitrogens with zero attached hydrogens (tertiary/aromatic N) is 1. The Kier molecular flexibility index (Phi) is 7.16. The number of ether oxygens (including phenoxy) is 2. The highest BCUT2D eigenvalue weighted by Gasteiger charge is 2.39. The van der Waals surface area contributed by atoms with E-state index in [0.29, 0.717) is 31.2 Å². The first-order valence-electron chi connectivity index (χ1n) is 9.33. The molecule has 1 saturated heterocycles. The van der Waals surface area contributed by atoms with Crippen LogP contribution in [-0.2, 0) is 14.3 Å². The Labute approximate surface area is 164 Å². The molecule has 1 heterocycles. The van der Waals surface area contributed by atoms with Crippen molar-refractivity contribution in [2.24, 2.45) is 0 Å². The molecule has 1 aromatic rings. The molecule has 2 rings (SSSR count). The third kappa shape index (κ3) is 5.78. The van der Waals surface area contributed by atoms with Gasteiger partial charge in [0.25, 0.3) is 0 Å². The smallest absolute Gasteiger partial charge is 0.411 e.